The molecule has 1 aliphatic heterocycles. The highest BCUT2D eigenvalue weighted by Gasteiger charge is 2.26. The van der Waals surface area contributed by atoms with Crippen molar-refractivity contribution in [2.45, 2.75) is 25.3 Å². The molecular weight excluding hydrogens is 312 g/mol. The van der Waals surface area contributed by atoms with Crippen LogP contribution in [-0.2, 0) is 4.79 Å². The summed E-state index contributed by atoms with van der Waals surface area (Å²) in [5.41, 5.74) is 0.900. The normalized spacial score (nSPS) is 18.6. The third-order valence-electron chi connectivity index (χ3n) is 4.08. The van der Waals surface area contributed by atoms with Crippen LogP contribution >= 0.6 is 11.5 Å². The predicted octanol–water partition coefficient (Wildman–Crippen LogP) is 2.64. The molecule has 1 aliphatic rings. The zero-order valence-electron chi connectivity index (χ0n) is 13.3. The minimum absolute atomic E-state index is 0.00429. The first-order valence-electron chi connectivity index (χ1n) is 7.66. The van der Waals surface area contributed by atoms with Crippen molar-refractivity contribution in [3.05, 3.63) is 24.3 Å². The topological polar surface area (TPSA) is 67.3 Å². The van der Waals surface area contributed by atoms with Crippen LogP contribution in [0.1, 0.15) is 19.3 Å². The van der Waals surface area contributed by atoms with Crippen LogP contribution in [0, 0.1) is 0 Å². The number of aromatic nitrogens is 2. The zero-order valence-corrected chi connectivity index (χ0v) is 14.1. The van der Waals surface area contributed by atoms with Gasteiger partial charge in [0.1, 0.15) is 5.75 Å². The minimum atomic E-state index is -0.0721. The van der Waals surface area contributed by atoms with Gasteiger partial charge in [0.2, 0.25) is 11.0 Å². The highest BCUT2D eigenvalue weighted by molar-refractivity contribution is 7.10. The highest BCUT2D eigenvalue weighted by Crippen LogP contribution is 2.24. The number of benzene rings is 1. The second kappa shape index (κ2) is 7.06. The molecule has 1 saturated heterocycles. The van der Waals surface area contributed by atoms with E-state index in [2.05, 4.69) is 19.6 Å². The highest BCUT2D eigenvalue weighted by atomic mass is 32.1. The number of nitrogens with one attached hydrogen (secondary N) is 1. The molecule has 0 radical (unpaired) electrons. The number of hydrogen-bond donors (Lipinski definition) is 1. The number of piperidine rings is 1. The Balaban J connectivity index is 1.67. The van der Waals surface area contributed by atoms with Gasteiger partial charge in [-0.2, -0.15) is 9.36 Å². The number of hydrogen-bond acceptors (Lipinski definition) is 6. The summed E-state index contributed by atoms with van der Waals surface area (Å²) in [6.45, 7) is 0.964. The lowest BCUT2D eigenvalue weighted by molar-refractivity contribution is -0.121. The van der Waals surface area contributed by atoms with Gasteiger partial charge in [-0.3, -0.25) is 15.0 Å². The lowest BCUT2D eigenvalue weighted by Gasteiger charge is -2.30. The summed E-state index contributed by atoms with van der Waals surface area (Å²) in [7, 11) is 3.62. The molecule has 0 saturated carbocycles. The van der Waals surface area contributed by atoms with Gasteiger partial charge in [-0.25, -0.2) is 0 Å². The predicted molar refractivity (Wildman–Crippen MR) is 90.8 cm³/mol. The molecule has 2 heterocycles. The Morgan fingerprint density at radius 3 is 2.83 bits per heavy atom. The smallest absolute Gasteiger partial charge is 0.243 e. The van der Waals surface area contributed by atoms with E-state index in [0.717, 1.165) is 37.1 Å². The number of ether oxygens (including phenoxy) is 1. The fourth-order valence-corrected chi connectivity index (χ4v) is 3.32. The Labute approximate surface area is 139 Å². The molecule has 1 N–H and O–H groups in total. The Hall–Kier alpha value is -1.99. The van der Waals surface area contributed by atoms with E-state index in [1.54, 1.807) is 7.11 Å². The van der Waals surface area contributed by atoms with E-state index in [1.165, 1.54) is 11.5 Å². The first-order chi connectivity index (χ1) is 11.2. The number of likely N-dealkylation sites (tertiary alicyclic amines) is 1. The van der Waals surface area contributed by atoms with Gasteiger partial charge in [0, 0.05) is 17.1 Å². The lowest BCUT2D eigenvalue weighted by atomic mass is 10.0. The Bertz CT molecular complexity index is 671. The van der Waals surface area contributed by atoms with Crippen molar-refractivity contribution < 1.29 is 9.53 Å². The number of carbonyl (C=O) groups excluding carboxylic acids is 1. The maximum atomic E-state index is 12.4. The largest absolute Gasteiger partial charge is 0.497 e. The summed E-state index contributed by atoms with van der Waals surface area (Å²) < 4.78 is 9.46. The van der Waals surface area contributed by atoms with Crippen molar-refractivity contribution in [1.82, 2.24) is 14.3 Å². The number of methoxy groups -OCH3 is 1. The van der Waals surface area contributed by atoms with E-state index in [4.69, 9.17) is 4.74 Å². The van der Waals surface area contributed by atoms with Crippen LogP contribution in [0.25, 0.3) is 11.4 Å². The van der Waals surface area contributed by atoms with Crippen LogP contribution in [0.4, 0.5) is 5.13 Å². The molecule has 7 heteroatoms. The molecule has 1 aromatic heterocycles. The van der Waals surface area contributed by atoms with Gasteiger partial charge in [-0.1, -0.05) is 6.42 Å². The van der Waals surface area contributed by atoms with E-state index in [-0.39, 0.29) is 11.9 Å². The summed E-state index contributed by atoms with van der Waals surface area (Å²) in [6, 6.07) is 7.47. The van der Waals surface area contributed by atoms with Gasteiger partial charge in [-0.05, 0) is 50.7 Å². The van der Waals surface area contributed by atoms with Crippen molar-refractivity contribution in [3.63, 3.8) is 0 Å². The molecule has 1 atom stereocenters. The number of carbonyl (C=O) groups is 1. The average Bonchev–Trinajstić information content (AvgIpc) is 3.03. The average molecular weight is 332 g/mol. The van der Waals surface area contributed by atoms with Crippen LogP contribution < -0.4 is 10.1 Å². The first kappa shape index (κ1) is 15.9. The number of rotatable bonds is 4. The van der Waals surface area contributed by atoms with E-state index < -0.39 is 0 Å². The second-order valence-electron chi connectivity index (χ2n) is 5.63. The van der Waals surface area contributed by atoms with Gasteiger partial charge in [-0.15, -0.1) is 0 Å². The molecule has 1 amide bonds. The monoisotopic (exact) mass is 332 g/mol. The van der Waals surface area contributed by atoms with Crippen LogP contribution in [0.3, 0.4) is 0 Å². The number of likely N-dealkylation sites (N-methyl/N-ethyl adjacent to an activating group) is 1. The van der Waals surface area contributed by atoms with Crippen molar-refractivity contribution in [2.75, 3.05) is 26.0 Å². The third kappa shape index (κ3) is 3.68. The lowest BCUT2D eigenvalue weighted by Crippen LogP contribution is -2.44. The van der Waals surface area contributed by atoms with Crippen LogP contribution in [0.2, 0.25) is 0 Å². The van der Waals surface area contributed by atoms with E-state index in [1.807, 2.05) is 31.3 Å². The molecular formula is C16H20N4O2S. The molecule has 3 rings (SSSR count). The van der Waals surface area contributed by atoms with Crippen LogP contribution in [0.15, 0.2) is 24.3 Å². The molecule has 0 spiro atoms. The maximum absolute atomic E-state index is 12.4. The third-order valence-corrected chi connectivity index (χ3v) is 4.71. The van der Waals surface area contributed by atoms with Crippen LogP contribution in [-0.4, -0.2) is 46.9 Å². The van der Waals surface area contributed by atoms with E-state index in [9.17, 15) is 4.79 Å². The van der Waals surface area contributed by atoms with Crippen molar-refractivity contribution in [2.24, 2.45) is 0 Å². The molecule has 2 aromatic rings. The van der Waals surface area contributed by atoms with Gasteiger partial charge >= 0.3 is 0 Å². The Morgan fingerprint density at radius 1 is 1.35 bits per heavy atom. The van der Waals surface area contributed by atoms with Gasteiger partial charge in [0.15, 0.2) is 5.82 Å². The molecule has 0 aliphatic carbocycles. The molecule has 6 nitrogen and oxygen atoms in total. The quantitative estimate of drug-likeness (QED) is 0.932. The fourth-order valence-electron chi connectivity index (χ4n) is 2.73. The van der Waals surface area contributed by atoms with Gasteiger partial charge < -0.3 is 4.74 Å². The molecule has 1 fully saturated rings. The summed E-state index contributed by atoms with van der Waals surface area (Å²) in [4.78, 5) is 18.9. The SMILES string of the molecule is COc1ccc(-c2nsc(NC(=O)[C@@H]3CCCCN3C)n2)cc1. The summed E-state index contributed by atoms with van der Waals surface area (Å²) in [5, 5.41) is 3.44. The number of amides is 1. The molecule has 23 heavy (non-hydrogen) atoms. The molecule has 0 unspecified atom stereocenters. The summed E-state index contributed by atoms with van der Waals surface area (Å²) in [5.74, 6) is 1.41. The van der Waals surface area contributed by atoms with Crippen molar-refractivity contribution in [1.29, 1.82) is 0 Å². The standard InChI is InChI=1S/C16H20N4O2S/c1-20-10-4-3-5-13(20)15(21)18-16-17-14(19-23-16)11-6-8-12(22-2)9-7-11/h6-9,13H,3-5,10H2,1-2H3,(H,17,18,19,21)/t13-/m0/s1. The van der Waals surface area contributed by atoms with Crippen molar-refractivity contribution >= 4 is 22.6 Å². The van der Waals surface area contributed by atoms with Crippen molar-refractivity contribution in [3.8, 4) is 17.1 Å². The summed E-state index contributed by atoms with van der Waals surface area (Å²) in [6.07, 6.45) is 3.14. The van der Waals surface area contributed by atoms with Gasteiger partial charge in [0.05, 0.1) is 13.2 Å². The van der Waals surface area contributed by atoms with E-state index >= 15 is 0 Å². The number of anilines is 1. The fraction of sp³-hybridized carbons (Fsp3) is 0.438. The number of nitrogens with zero attached hydrogens (tertiary/aromatic N) is 3. The Morgan fingerprint density at radius 2 is 2.13 bits per heavy atom. The second-order valence-corrected chi connectivity index (χ2v) is 6.38. The zero-order chi connectivity index (χ0) is 16.2. The van der Waals surface area contributed by atoms with E-state index in [0.29, 0.717) is 11.0 Å². The summed E-state index contributed by atoms with van der Waals surface area (Å²) >= 11 is 1.21. The van der Waals surface area contributed by atoms with Gasteiger partial charge in [0.25, 0.3) is 0 Å². The molecule has 0 bridgehead atoms. The minimum Gasteiger partial charge on any atom is -0.497 e. The Kier molecular flexibility index (Phi) is 4.88. The van der Waals surface area contributed by atoms with Crippen LogP contribution in [0.5, 0.6) is 5.75 Å². The molecule has 1 aromatic carbocycles. The molecule has 122 valence electrons. The maximum Gasteiger partial charge on any atom is 0.243 e. The first-order valence-corrected chi connectivity index (χ1v) is 8.44.